The Bertz CT molecular complexity index is 268. The number of benzene rings is 1. The predicted octanol–water partition coefficient (Wildman–Crippen LogP) is 2.95. The van der Waals surface area contributed by atoms with E-state index >= 15 is 0 Å². The first-order valence-corrected chi connectivity index (χ1v) is 4.47. The number of anilines is 1. The summed E-state index contributed by atoms with van der Waals surface area (Å²) in [6, 6.07) is 4.94. The number of nitrogens with one attached hydrogen (secondary N) is 1. The van der Waals surface area contributed by atoms with Crippen LogP contribution in [0.2, 0.25) is 0 Å². The lowest BCUT2D eigenvalue weighted by molar-refractivity contribution is -0.137. The van der Waals surface area contributed by atoms with Crippen LogP contribution in [0.1, 0.15) is 5.56 Å². The van der Waals surface area contributed by atoms with Crippen LogP contribution in [0.5, 0.6) is 0 Å². The van der Waals surface area contributed by atoms with Crippen molar-refractivity contribution in [1.29, 1.82) is 0 Å². The van der Waals surface area contributed by atoms with Crippen molar-refractivity contribution < 1.29 is 13.2 Å². The van der Waals surface area contributed by atoms with Gasteiger partial charge in [-0.2, -0.15) is 13.2 Å². The highest BCUT2D eigenvalue weighted by Crippen LogP contribution is 2.29. The molecule has 1 unspecified atom stereocenters. The average Bonchev–Trinajstić information content (AvgIpc) is 2.04. The fraction of sp³-hybridized carbons (Fsp3) is 0.250. The Labute approximate surface area is 76.5 Å². The first-order chi connectivity index (χ1) is 6.04. The van der Waals surface area contributed by atoms with E-state index in [1.54, 1.807) is 0 Å². The SMILES string of the molecule is FC(F)(F)c1ccc(NCP)cc1. The first kappa shape index (κ1) is 10.3. The van der Waals surface area contributed by atoms with Crippen molar-refractivity contribution in [3.63, 3.8) is 0 Å². The topological polar surface area (TPSA) is 12.0 Å². The molecule has 0 heterocycles. The monoisotopic (exact) mass is 207 g/mol. The number of halogens is 3. The van der Waals surface area contributed by atoms with Gasteiger partial charge in [0.15, 0.2) is 0 Å². The smallest absolute Gasteiger partial charge is 0.382 e. The summed E-state index contributed by atoms with van der Waals surface area (Å²) in [7, 11) is 2.43. The molecule has 0 spiro atoms. The van der Waals surface area contributed by atoms with Crippen LogP contribution in [0.4, 0.5) is 18.9 Å². The van der Waals surface area contributed by atoms with Crippen molar-refractivity contribution in [2.75, 3.05) is 11.6 Å². The van der Waals surface area contributed by atoms with Gasteiger partial charge in [0.1, 0.15) is 0 Å². The van der Waals surface area contributed by atoms with Gasteiger partial charge in [-0.05, 0) is 24.3 Å². The van der Waals surface area contributed by atoms with Crippen LogP contribution in [0.25, 0.3) is 0 Å². The minimum atomic E-state index is -4.25. The zero-order valence-corrected chi connectivity index (χ0v) is 7.88. The summed E-state index contributed by atoms with van der Waals surface area (Å²) in [6.45, 7) is 0. The average molecular weight is 207 g/mol. The molecule has 0 aliphatic heterocycles. The molecule has 0 radical (unpaired) electrons. The summed E-state index contributed by atoms with van der Waals surface area (Å²) in [5.41, 5.74) is 0.0600. The van der Waals surface area contributed by atoms with Gasteiger partial charge in [-0.3, -0.25) is 0 Å². The fourth-order valence-electron chi connectivity index (χ4n) is 0.895. The summed E-state index contributed by atoms with van der Waals surface area (Å²) in [5.74, 6) is 0. The minimum Gasteiger partial charge on any atom is -0.382 e. The molecule has 0 saturated heterocycles. The van der Waals surface area contributed by atoms with Crippen LogP contribution >= 0.6 is 9.24 Å². The quantitative estimate of drug-likeness (QED) is 0.735. The standard InChI is InChI=1S/C8H9F3NP/c9-8(10,11)6-1-3-7(4-2-6)12-5-13/h1-4,12H,5,13H2. The second-order valence-electron chi connectivity index (χ2n) is 2.46. The lowest BCUT2D eigenvalue weighted by Crippen LogP contribution is -2.04. The van der Waals surface area contributed by atoms with Crippen molar-refractivity contribution in [3.8, 4) is 0 Å². The Morgan fingerprint density at radius 2 is 1.69 bits per heavy atom. The first-order valence-electron chi connectivity index (χ1n) is 3.65. The highest BCUT2D eigenvalue weighted by Gasteiger charge is 2.29. The van der Waals surface area contributed by atoms with Gasteiger partial charge in [-0.15, -0.1) is 9.24 Å². The third-order valence-corrected chi connectivity index (χ3v) is 1.72. The van der Waals surface area contributed by atoms with Crippen molar-refractivity contribution in [2.24, 2.45) is 0 Å². The van der Waals surface area contributed by atoms with Gasteiger partial charge in [0, 0.05) is 12.0 Å². The molecule has 72 valence electrons. The van der Waals surface area contributed by atoms with Crippen LogP contribution in [0.15, 0.2) is 24.3 Å². The van der Waals surface area contributed by atoms with E-state index < -0.39 is 11.7 Å². The highest BCUT2D eigenvalue weighted by atomic mass is 31.0. The van der Waals surface area contributed by atoms with Crippen LogP contribution in [0, 0.1) is 0 Å². The van der Waals surface area contributed by atoms with E-state index in [-0.39, 0.29) is 0 Å². The lowest BCUT2D eigenvalue weighted by atomic mass is 10.2. The molecule has 0 aliphatic carbocycles. The maximum atomic E-state index is 12.1. The maximum Gasteiger partial charge on any atom is 0.416 e. The molecule has 0 fully saturated rings. The Morgan fingerprint density at radius 3 is 2.08 bits per heavy atom. The number of hydrogen-bond donors (Lipinski definition) is 1. The van der Waals surface area contributed by atoms with E-state index in [9.17, 15) is 13.2 Å². The zero-order chi connectivity index (χ0) is 9.90. The van der Waals surface area contributed by atoms with E-state index in [1.165, 1.54) is 12.1 Å². The van der Waals surface area contributed by atoms with Crippen LogP contribution in [-0.2, 0) is 6.18 Å². The largest absolute Gasteiger partial charge is 0.416 e. The highest BCUT2D eigenvalue weighted by molar-refractivity contribution is 7.16. The Kier molecular flexibility index (Phi) is 3.15. The van der Waals surface area contributed by atoms with Crippen molar-refractivity contribution in [3.05, 3.63) is 29.8 Å². The molecule has 1 aromatic carbocycles. The minimum absolute atomic E-state index is 0.616. The van der Waals surface area contributed by atoms with Crippen LogP contribution in [0.3, 0.4) is 0 Å². The molecular weight excluding hydrogens is 198 g/mol. The maximum absolute atomic E-state index is 12.1. The summed E-state index contributed by atoms with van der Waals surface area (Å²) in [4.78, 5) is 0. The molecule has 1 N–H and O–H groups in total. The van der Waals surface area contributed by atoms with E-state index in [2.05, 4.69) is 14.6 Å². The zero-order valence-electron chi connectivity index (χ0n) is 6.73. The molecule has 0 aromatic heterocycles. The fourth-order valence-corrected chi connectivity index (χ4v) is 1.13. The van der Waals surface area contributed by atoms with Gasteiger partial charge in [0.25, 0.3) is 0 Å². The third-order valence-electron chi connectivity index (χ3n) is 1.52. The van der Waals surface area contributed by atoms with Crippen LogP contribution in [-0.4, -0.2) is 6.29 Å². The van der Waals surface area contributed by atoms with Gasteiger partial charge < -0.3 is 5.32 Å². The molecule has 0 amide bonds. The lowest BCUT2D eigenvalue weighted by Gasteiger charge is -2.07. The Morgan fingerprint density at radius 1 is 1.15 bits per heavy atom. The molecule has 1 aromatic rings. The second kappa shape index (κ2) is 3.97. The van der Waals surface area contributed by atoms with E-state index in [1.807, 2.05) is 0 Å². The van der Waals surface area contributed by atoms with Gasteiger partial charge in [-0.25, -0.2) is 0 Å². The summed E-state index contributed by atoms with van der Waals surface area (Å²) in [5, 5.41) is 2.88. The van der Waals surface area contributed by atoms with Crippen molar-refractivity contribution in [1.82, 2.24) is 0 Å². The number of alkyl halides is 3. The third kappa shape index (κ3) is 2.88. The number of hydrogen-bond acceptors (Lipinski definition) is 1. The molecule has 0 saturated carbocycles. The molecular formula is C8H9F3NP. The molecule has 1 rings (SSSR count). The Balaban J connectivity index is 2.81. The molecule has 13 heavy (non-hydrogen) atoms. The van der Waals surface area contributed by atoms with Gasteiger partial charge >= 0.3 is 6.18 Å². The van der Waals surface area contributed by atoms with E-state index in [0.29, 0.717) is 12.0 Å². The summed E-state index contributed by atoms with van der Waals surface area (Å²) in [6.07, 6.45) is -3.63. The van der Waals surface area contributed by atoms with Crippen molar-refractivity contribution in [2.45, 2.75) is 6.18 Å². The van der Waals surface area contributed by atoms with Gasteiger partial charge in [0.05, 0.1) is 5.56 Å². The van der Waals surface area contributed by atoms with Gasteiger partial charge in [-0.1, -0.05) is 0 Å². The molecule has 0 aliphatic rings. The Hall–Kier alpha value is -0.760. The molecule has 1 atom stereocenters. The van der Waals surface area contributed by atoms with Crippen LogP contribution < -0.4 is 5.32 Å². The van der Waals surface area contributed by atoms with E-state index in [4.69, 9.17) is 0 Å². The van der Waals surface area contributed by atoms with Gasteiger partial charge in [0.2, 0.25) is 0 Å². The molecule has 5 heteroatoms. The molecule has 0 bridgehead atoms. The number of rotatable bonds is 2. The van der Waals surface area contributed by atoms with Crippen molar-refractivity contribution >= 4 is 14.9 Å². The second-order valence-corrected chi connectivity index (χ2v) is 2.86. The summed E-state index contributed by atoms with van der Waals surface area (Å²) < 4.78 is 36.2. The van der Waals surface area contributed by atoms with E-state index in [0.717, 1.165) is 12.1 Å². The normalized spacial score (nSPS) is 11.4. The molecule has 1 nitrogen and oxygen atoms in total. The predicted molar refractivity (Wildman–Crippen MR) is 49.6 cm³/mol. The summed E-state index contributed by atoms with van der Waals surface area (Å²) >= 11 is 0.